The minimum absolute atomic E-state index is 0.144. The maximum Gasteiger partial charge on any atom is 0.224 e. The van der Waals surface area contributed by atoms with Gasteiger partial charge in [-0.2, -0.15) is 0 Å². The first-order valence-corrected chi connectivity index (χ1v) is 9.69. The molecule has 4 heteroatoms. The summed E-state index contributed by atoms with van der Waals surface area (Å²) in [7, 11) is 4.01. The van der Waals surface area contributed by atoms with Crippen LogP contribution in [-0.2, 0) is 4.79 Å². The molecule has 1 amide bonds. The van der Waals surface area contributed by atoms with Crippen LogP contribution < -0.4 is 5.32 Å². The van der Waals surface area contributed by atoms with Crippen LogP contribution in [0.4, 0.5) is 5.69 Å². The lowest BCUT2D eigenvalue weighted by atomic mass is 10.1. The largest absolute Gasteiger partial charge is 0.326 e. The Bertz CT molecular complexity index is 456. The predicted octanol–water partition coefficient (Wildman–Crippen LogP) is 4.96. The Labute approximate surface area is 129 Å². The van der Waals surface area contributed by atoms with Gasteiger partial charge in [-0.05, 0) is 44.7 Å². The second kappa shape index (κ2) is 7.99. The van der Waals surface area contributed by atoms with Gasteiger partial charge in [-0.15, -0.1) is 0 Å². The summed E-state index contributed by atoms with van der Waals surface area (Å²) in [6.45, 7) is 4.11. The Morgan fingerprint density at radius 2 is 2.20 bits per heavy atom. The van der Waals surface area contributed by atoms with E-state index in [-0.39, 0.29) is 5.91 Å². The molecule has 1 N–H and O–H groups in total. The van der Waals surface area contributed by atoms with Crippen molar-refractivity contribution in [2.45, 2.75) is 51.2 Å². The molecule has 0 radical (unpaired) electrons. The molecule has 0 saturated carbocycles. The highest BCUT2D eigenvalue weighted by Crippen LogP contribution is 2.39. The molecule has 1 unspecified atom stereocenters. The topological polar surface area (TPSA) is 29.1 Å². The van der Waals surface area contributed by atoms with Crippen LogP contribution in [0.2, 0.25) is 0 Å². The molecule has 20 heavy (non-hydrogen) atoms. The van der Waals surface area contributed by atoms with Crippen LogP contribution in [0.1, 0.15) is 43.2 Å². The molecule has 0 aromatic heterocycles. The molecule has 1 fully saturated rings. The number of hydrogen-bond acceptors (Lipinski definition) is 3. The van der Waals surface area contributed by atoms with Gasteiger partial charge in [-0.3, -0.25) is 4.79 Å². The maximum atomic E-state index is 11.9. The van der Waals surface area contributed by atoms with E-state index in [1.807, 2.05) is 40.6 Å². The van der Waals surface area contributed by atoms with Gasteiger partial charge in [0.2, 0.25) is 5.91 Å². The molecule has 1 aliphatic rings. The van der Waals surface area contributed by atoms with Crippen molar-refractivity contribution in [2.24, 2.45) is 0 Å². The highest BCUT2D eigenvalue weighted by molar-refractivity contribution is 8.77. The Kier molecular flexibility index (Phi) is 6.30. The van der Waals surface area contributed by atoms with Gasteiger partial charge in [-0.1, -0.05) is 45.7 Å². The first-order valence-electron chi connectivity index (χ1n) is 7.30. The van der Waals surface area contributed by atoms with E-state index in [0.717, 1.165) is 22.9 Å². The van der Waals surface area contributed by atoms with E-state index in [2.05, 4.69) is 18.3 Å². The number of unbranched alkanes of at least 4 members (excludes halogenated alkanes) is 1. The summed E-state index contributed by atoms with van der Waals surface area (Å²) in [4.78, 5) is 11.9. The molecule has 0 spiro atoms. The standard InChI is InChI=1S/C16H23NOS2/c1-12-7-8-15(13(2)11-12)17-16(18)6-4-3-5-14-9-10-19-20-14/h7-8,11,14H,3-6,9-10H2,1-2H3,(H,17,18). The Morgan fingerprint density at radius 1 is 1.35 bits per heavy atom. The van der Waals surface area contributed by atoms with Gasteiger partial charge in [0.15, 0.2) is 0 Å². The zero-order valence-corrected chi connectivity index (χ0v) is 13.9. The van der Waals surface area contributed by atoms with Crippen LogP contribution in [-0.4, -0.2) is 16.9 Å². The van der Waals surface area contributed by atoms with Crippen LogP contribution in [0.15, 0.2) is 18.2 Å². The number of hydrogen-bond donors (Lipinski definition) is 1. The number of amides is 1. The van der Waals surface area contributed by atoms with Gasteiger partial charge in [-0.25, -0.2) is 0 Å². The number of carbonyl (C=O) groups is 1. The summed E-state index contributed by atoms with van der Waals surface area (Å²) in [6, 6.07) is 6.14. The second-order valence-corrected chi connectivity index (χ2v) is 8.23. The lowest BCUT2D eigenvalue weighted by Gasteiger charge is -2.10. The van der Waals surface area contributed by atoms with Crippen molar-refractivity contribution in [3.63, 3.8) is 0 Å². The lowest BCUT2D eigenvalue weighted by molar-refractivity contribution is -0.116. The van der Waals surface area contributed by atoms with Gasteiger partial charge < -0.3 is 5.32 Å². The molecule has 1 atom stereocenters. The summed E-state index contributed by atoms with van der Waals surface area (Å²) < 4.78 is 0. The third kappa shape index (κ3) is 5.06. The fraction of sp³-hybridized carbons (Fsp3) is 0.562. The minimum atomic E-state index is 0.144. The number of nitrogens with one attached hydrogen (secondary N) is 1. The third-order valence-corrected chi connectivity index (χ3v) is 6.57. The smallest absolute Gasteiger partial charge is 0.224 e. The summed E-state index contributed by atoms with van der Waals surface area (Å²) in [5.41, 5.74) is 3.31. The monoisotopic (exact) mass is 309 g/mol. The van der Waals surface area contributed by atoms with Crippen molar-refractivity contribution < 1.29 is 4.79 Å². The highest BCUT2D eigenvalue weighted by atomic mass is 33.1. The molecule has 1 aromatic rings. The first-order chi connectivity index (χ1) is 9.65. The molecule has 2 rings (SSSR count). The van der Waals surface area contributed by atoms with Crippen LogP contribution in [0.25, 0.3) is 0 Å². The van der Waals surface area contributed by atoms with Crippen molar-refractivity contribution in [3.8, 4) is 0 Å². The van der Waals surface area contributed by atoms with Gasteiger partial charge in [0.1, 0.15) is 0 Å². The average Bonchev–Trinajstić information content (AvgIpc) is 2.91. The molecule has 2 nitrogen and oxygen atoms in total. The van der Waals surface area contributed by atoms with E-state index < -0.39 is 0 Å². The molecule has 0 aliphatic carbocycles. The summed E-state index contributed by atoms with van der Waals surface area (Å²) in [6.07, 6.45) is 5.40. The number of rotatable bonds is 6. The third-order valence-electron chi connectivity index (χ3n) is 3.56. The second-order valence-electron chi connectivity index (χ2n) is 5.44. The van der Waals surface area contributed by atoms with E-state index in [4.69, 9.17) is 0 Å². The van der Waals surface area contributed by atoms with Gasteiger partial charge in [0.25, 0.3) is 0 Å². The van der Waals surface area contributed by atoms with Crippen molar-refractivity contribution in [2.75, 3.05) is 11.1 Å². The number of anilines is 1. The normalized spacial score (nSPS) is 18.2. The number of carbonyl (C=O) groups excluding carboxylic acids is 1. The Hall–Kier alpha value is -0.610. The maximum absolute atomic E-state index is 11.9. The lowest BCUT2D eigenvalue weighted by Crippen LogP contribution is -2.12. The molecule has 1 saturated heterocycles. The minimum Gasteiger partial charge on any atom is -0.326 e. The van der Waals surface area contributed by atoms with Crippen molar-refractivity contribution in [1.29, 1.82) is 0 Å². The molecule has 0 bridgehead atoms. The fourth-order valence-corrected chi connectivity index (χ4v) is 5.42. The predicted molar refractivity (Wildman–Crippen MR) is 91.5 cm³/mol. The quantitative estimate of drug-likeness (QED) is 0.595. The SMILES string of the molecule is Cc1ccc(NC(=O)CCCCC2CCSS2)c(C)c1. The van der Waals surface area contributed by atoms with E-state index in [9.17, 15) is 4.79 Å². The van der Waals surface area contributed by atoms with E-state index >= 15 is 0 Å². The Morgan fingerprint density at radius 3 is 2.90 bits per heavy atom. The first kappa shape index (κ1) is 15.8. The fourth-order valence-electron chi connectivity index (χ4n) is 2.39. The summed E-state index contributed by atoms with van der Waals surface area (Å²) in [5, 5.41) is 3.84. The van der Waals surface area contributed by atoms with Crippen molar-refractivity contribution in [1.82, 2.24) is 0 Å². The average molecular weight is 310 g/mol. The van der Waals surface area contributed by atoms with Gasteiger partial charge in [0.05, 0.1) is 0 Å². The summed E-state index contributed by atoms with van der Waals surface area (Å²) >= 11 is 0. The summed E-state index contributed by atoms with van der Waals surface area (Å²) in [5.74, 6) is 1.44. The zero-order chi connectivity index (χ0) is 14.4. The number of benzene rings is 1. The number of aryl methyl sites for hydroxylation is 2. The van der Waals surface area contributed by atoms with Crippen LogP contribution >= 0.6 is 21.6 Å². The molecule has 1 heterocycles. The van der Waals surface area contributed by atoms with Gasteiger partial charge in [0, 0.05) is 23.1 Å². The van der Waals surface area contributed by atoms with Crippen LogP contribution in [0, 0.1) is 13.8 Å². The van der Waals surface area contributed by atoms with Gasteiger partial charge >= 0.3 is 0 Å². The molecule has 1 aromatic carbocycles. The zero-order valence-electron chi connectivity index (χ0n) is 12.3. The van der Waals surface area contributed by atoms with E-state index in [0.29, 0.717) is 6.42 Å². The van der Waals surface area contributed by atoms with Crippen LogP contribution in [0.3, 0.4) is 0 Å². The molecular formula is C16H23NOS2. The molecular weight excluding hydrogens is 286 g/mol. The van der Waals surface area contributed by atoms with Crippen molar-refractivity contribution in [3.05, 3.63) is 29.3 Å². The highest BCUT2D eigenvalue weighted by Gasteiger charge is 2.15. The molecule has 110 valence electrons. The van der Waals surface area contributed by atoms with Crippen molar-refractivity contribution >= 4 is 33.2 Å². The van der Waals surface area contributed by atoms with Crippen LogP contribution in [0.5, 0.6) is 0 Å². The van der Waals surface area contributed by atoms with E-state index in [1.165, 1.54) is 30.6 Å². The van der Waals surface area contributed by atoms with E-state index in [1.54, 1.807) is 0 Å². The molecule has 1 aliphatic heterocycles. The Balaban J connectivity index is 1.67.